The number of hydrogen-bond acceptors (Lipinski definition) is 1. The summed E-state index contributed by atoms with van der Waals surface area (Å²) >= 11 is 1.67. The first-order valence-electron chi connectivity index (χ1n) is 6.79. The number of hydrogen-bond donors (Lipinski definition) is 0. The molecule has 1 aromatic carbocycles. The third kappa shape index (κ3) is 3.36. The molecule has 3 rings (SSSR count). The van der Waals surface area contributed by atoms with Gasteiger partial charge in [-0.1, -0.05) is 29.0 Å². The molecule has 0 unspecified atom stereocenters. The summed E-state index contributed by atoms with van der Waals surface area (Å²) in [6.45, 7) is 4.13. The molecule has 2 N–H and O–H groups in total. The third-order valence-electron chi connectivity index (χ3n) is 3.18. The maximum absolute atomic E-state index is 3.30. The quantitative estimate of drug-likeness (QED) is 0.617. The van der Waals surface area contributed by atoms with Crippen LogP contribution in [-0.2, 0) is 0 Å². The Morgan fingerprint density at radius 1 is 0.952 bits per heavy atom. The predicted octanol–water partition coefficient (Wildman–Crippen LogP) is 3.06. The van der Waals surface area contributed by atoms with E-state index in [1.54, 1.807) is 11.3 Å². The molecule has 3 aromatic rings. The van der Waals surface area contributed by atoms with E-state index >= 15 is 0 Å². The molecule has 3 heteroatoms. The van der Waals surface area contributed by atoms with E-state index in [0.717, 1.165) is 17.0 Å². The van der Waals surface area contributed by atoms with Crippen LogP contribution in [0.3, 0.4) is 0 Å². The number of aromatic nitrogens is 2. The van der Waals surface area contributed by atoms with E-state index in [9.17, 15) is 0 Å². The summed E-state index contributed by atoms with van der Waals surface area (Å²) in [6.07, 6.45) is 1.95. The monoisotopic (exact) mass is 292 g/mol. The van der Waals surface area contributed by atoms with Crippen molar-refractivity contribution in [3.05, 3.63) is 69.8 Å². The van der Waals surface area contributed by atoms with E-state index < -0.39 is 0 Å². The van der Waals surface area contributed by atoms with Gasteiger partial charge in [-0.2, -0.15) is 4.98 Å². The summed E-state index contributed by atoms with van der Waals surface area (Å²) in [5.74, 6) is 6.29. The number of aromatic amines is 2. The number of rotatable bonds is 1. The van der Waals surface area contributed by atoms with Gasteiger partial charge in [0.15, 0.2) is 6.20 Å². The molecule has 21 heavy (non-hydrogen) atoms. The summed E-state index contributed by atoms with van der Waals surface area (Å²) in [4.78, 5) is 6.53. The van der Waals surface area contributed by atoms with Crippen LogP contribution in [0, 0.1) is 25.7 Å². The lowest BCUT2D eigenvalue weighted by Gasteiger charge is -1.96. The zero-order valence-corrected chi connectivity index (χ0v) is 12.8. The van der Waals surface area contributed by atoms with E-state index in [2.05, 4.69) is 59.1 Å². The Kier molecular flexibility index (Phi) is 3.81. The molecule has 0 spiro atoms. The van der Waals surface area contributed by atoms with Crippen LogP contribution < -0.4 is 9.97 Å². The Morgan fingerprint density at radius 2 is 1.76 bits per heavy atom. The molecule has 0 bridgehead atoms. The molecule has 102 valence electrons. The van der Waals surface area contributed by atoms with Crippen LogP contribution >= 0.6 is 11.3 Å². The van der Waals surface area contributed by atoms with Crippen LogP contribution in [0.15, 0.2) is 48.0 Å². The maximum Gasteiger partial charge on any atom is 0.266 e. The van der Waals surface area contributed by atoms with Gasteiger partial charge in [-0.25, -0.2) is 4.98 Å². The highest BCUT2D eigenvalue weighted by Crippen LogP contribution is 2.14. The number of thiazole rings is 1. The molecule has 2 nitrogen and oxygen atoms in total. The van der Waals surface area contributed by atoms with Gasteiger partial charge in [0.2, 0.25) is 10.7 Å². The van der Waals surface area contributed by atoms with Crippen molar-refractivity contribution in [2.45, 2.75) is 13.8 Å². The normalized spacial score (nSPS) is 10.0. The van der Waals surface area contributed by atoms with Crippen molar-refractivity contribution < 1.29 is 9.97 Å². The van der Waals surface area contributed by atoms with E-state index in [-0.39, 0.29) is 0 Å². The summed E-state index contributed by atoms with van der Waals surface area (Å²) in [5.41, 5.74) is 5.48. The van der Waals surface area contributed by atoms with Crippen LogP contribution in [-0.4, -0.2) is 0 Å². The van der Waals surface area contributed by atoms with Gasteiger partial charge in [0, 0.05) is 24.5 Å². The Hall–Kier alpha value is -2.44. The van der Waals surface area contributed by atoms with Crippen molar-refractivity contribution in [3.63, 3.8) is 0 Å². The van der Waals surface area contributed by atoms with Crippen molar-refractivity contribution in [2.24, 2.45) is 0 Å². The van der Waals surface area contributed by atoms with Crippen LogP contribution in [0.5, 0.6) is 0 Å². The van der Waals surface area contributed by atoms with Gasteiger partial charge in [0.25, 0.3) is 5.69 Å². The summed E-state index contributed by atoms with van der Waals surface area (Å²) in [7, 11) is 0. The Morgan fingerprint density at radius 3 is 2.38 bits per heavy atom. The number of benzene rings is 1. The first-order chi connectivity index (χ1) is 10.2. The largest absolute Gasteiger partial charge is 0.266 e. The molecular weight excluding hydrogens is 276 g/mol. The zero-order valence-electron chi connectivity index (χ0n) is 12.0. The number of nitrogens with one attached hydrogen (secondary N) is 2. The fourth-order valence-corrected chi connectivity index (χ4v) is 2.59. The SMILES string of the molecule is Cc1ccc(-c2ccc(C#Cc3csc(C)[nH+]3)c[nH+]2)cc1. The molecule has 0 saturated heterocycles. The minimum atomic E-state index is 0.958. The van der Waals surface area contributed by atoms with Crippen molar-refractivity contribution in [2.75, 3.05) is 0 Å². The molecule has 2 aromatic heterocycles. The number of aryl methyl sites for hydroxylation is 2. The van der Waals surface area contributed by atoms with E-state index in [1.165, 1.54) is 16.1 Å². The van der Waals surface area contributed by atoms with Crippen molar-refractivity contribution in [1.82, 2.24) is 0 Å². The highest BCUT2D eigenvalue weighted by atomic mass is 32.1. The summed E-state index contributed by atoms with van der Waals surface area (Å²) in [5, 5.41) is 3.20. The van der Waals surface area contributed by atoms with Gasteiger partial charge in [-0.3, -0.25) is 0 Å². The fourth-order valence-electron chi connectivity index (χ4n) is 2.01. The van der Waals surface area contributed by atoms with Gasteiger partial charge < -0.3 is 0 Å². The van der Waals surface area contributed by atoms with Crippen molar-refractivity contribution >= 4 is 11.3 Å². The zero-order chi connectivity index (χ0) is 14.7. The number of H-pyrrole nitrogens is 2. The minimum absolute atomic E-state index is 0.958. The molecule has 0 atom stereocenters. The maximum atomic E-state index is 3.30. The average Bonchev–Trinajstić information content (AvgIpc) is 2.92. The Balaban J connectivity index is 1.81. The Bertz CT molecular complexity index is 803. The van der Waals surface area contributed by atoms with Gasteiger partial charge in [-0.15, -0.1) is 0 Å². The second-order valence-corrected chi connectivity index (χ2v) is 6.02. The van der Waals surface area contributed by atoms with E-state index in [0.29, 0.717) is 0 Å². The second kappa shape index (κ2) is 5.90. The van der Waals surface area contributed by atoms with Gasteiger partial charge in [0.05, 0.1) is 10.9 Å². The lowest BCUT2D eigenvalue weighted by atomic mass is 10.1. The van der Waals surface area contributed by atoms with Crippen LogP contribution in [0.2, 0.25) is 0 Å². The topological polar surface area (TPSA) is 28.3 Å². The van der Waals surface area contributed by atoms with E-state index in [1.807, 2.05) is 24.6 Å². The average molecular weight is 292 g/mol. The lowest BCUT2D eigenvalue weighted by molar-refractivity contribution is -0.383. The molecule has 0 saturated carbocycles. The first kappa shape index (κ1) is 13.5. The number of pyridine rings is 1. The van der Waals surface area contributed by atoms with Crippen LogP contribution in [0.4, 0.5) is 0 Å². The minimum Gasteiger partial charge on any atom is -0.210 e. The highest BCUT2D eigenvalue weighted by Gasteiger charge is 2.05. The van der Waals surface area contributed by atoms with Gasteiger partial charge in [-0.05, 0) is 31.0 Å². The fraction of sp³-hybridized carbons (Fsp3) is 0.111. The van der Waals surface area contributed by atoms with Crippen LogP contribution in [0.25, 0.3) is 11.3 Å². The predicted molar refractivity (Wildman–Crippen MR) is 84.8 cm³/mol. The van der Waals surface area contributed by atoms with E-state index in [4.69, 9.17) is 0 Å². The Labute approximate surface area is 128 Å². The molecule has 0 amide bonds. The summed E-state index contributed by atoms with van der Waals surface area (Å²) in [6, 6.07) is 12.6. The molecule has 0 aliphatic heterocycles. The molecule has 0 fully saturated rings. The standard InChI is InChI=1S/C18H14N2S/c1-13-3-7-16(8-4-13)18-10-6-15(11-19-18)5-9-17-12-21-14(2)20-17/h3-4,6-8,10-12H,1-2H3/p+2. The van der Waals surface area contributed by atoms with Crippen molar-refractivity contribution in [1.29, 1.82) is 0 Å². The third-order valence-corrected chi connectivity index (χ3v) is 3.99. The molecule has 0 aliphatic carbocycles. The molecule has 0 radical (unpaired) electrons. The van der Waals surface area contributed by atoms with Gasteiger partial charge >= 0.3 is 0 Å². The molecule has 0 aliphatic rings. The lowest BCUT2D eigenvalue weighted by Crippen LogP contribution is -2.07. The highest BCUT2D eigenvalue weighted by molar-refractivity contribution is 7.09. The summed E-state index contributed by atoms with van der Waals surface area (Å²) < 4.78 is 0. The molecule has 2 heterocycles. The van der Waals surface area contributed by atoms with Crippen molar-refractivity contribution in [3.8, 4) is 23.1 Å². The van der Waals surface area contributed by atoms with Gasteiger partial charge in [0.1, 0.15) is 0 Å². The molecular formula is C18H16N2S+2. The van der Waals surface area contributed by atoms with Crippen LogP contribution in [0.1, 0.15) is 21.8 Å². The second-order valence-electron chi connectivity index (χ2n) is 4.94. The first-order valence-corrected chi connectivity index (χ1v) is 7.67. The smallest absolute Gasteiger partial charge is 0.210 e.